The van der Waals surface area contributed by atoms with Crippen LogP contribution in [0.25, 0.3) is 0 Å². The number of nitrogens with one attached hydrogen (secondary N) is 2. The Labute approximate surface area is 145 Å². The van der Waals surface area contributed by atoms with Crippen molar-refractivity contribution in [2.45, 2.75) is 57.8 Å². The molecule has 0 aliphatic heterocycles. The summed E-state index contributed by atoms with van der Waals surface area (Å²) in [5.74, 6) is 0. The minimum Gasteiger partial charge on any atom is -0.349 e. The van der Waals surface area contributed by atoms with Crippen molar-refractivity contribution >= 4 is 10.0 Å². The maximum atomic E-state index is 12.6. The van der Waals surface area contributed by atoms with Crippen molar-refractivity contribution in [3.63, 3.8) is 0 Å². The van der Waals surface area contributed by atoms with Crippen LogP contribution in [0.4, 0.5) is 0 Å². The van der Waals surface area contributed by atoms with Gasteiger partial charge in [0.15, 0.2) is 0 Å². The van der Waals surface area contributed by atoms with Crippen molar-refractivity contribution in [2.75, 3.05) is 0 Å². The van der Waals surface area contributed by atoms with E-state index in [1.54, 1.807) is 12.3 Å². The van der Waals surface area contributed by atoms with Gasteiger partial charge >= 0.3 is 0 Å². The molecule has 1 heterocycles. The molecular formula is C18H27N3O2S. The summed E-state index contributed by atoms with van der Waals surface area (Å²) in [6.45, 7) is 8.00. The maximum absolute atomic E-state index is 12.6. The molecule has 0 radical (unpaired) electrons. The predicted octanol–water partition coefficient (Wildman–Crippen LogP) is 2.87. The van der Waals surface area contributed by atoms with Crippen molar-refractivity contribution < 1.29 is 8.42 Å². The molecule has 1 aromatic heterocycles. The van der Waals surface area contributed by atoms with Crippen LogP contribution < -0.4 is 10.0 Å². The van der Waals surface area contributed by atoms with Gasteiger partial charge in [-0.05, 0) is 18.1 Å². The molecule has 0 spiro atoms. The summed E-state index contributed by atoms with van der Waals surface area (Å²) in [4.78, 5) is 0.326. The molecule has 0 amide bonds. The van der Waals surface area contributed by atoms with Gasteiger partial charge in [-0.1, -0.05) is 51.1 Å². The van der Waals surface area contributed by atoms with E-state index in [-0.39, 0.29) is 0 Å². The van der Waals surface area contributed by atoms with E-state index in [2.05, 4.69) is 30.8 Å². The third-order valence-electron chi connectivity index (χ3n) is 3.74. The lowest BCUT2D eigenvalue weighted by Crippen LogP contribution is -2.23. The van der Waals surface area contributed by atoms with E-state index >= 15 is 0 Å². The number of aromatic nitrogens is 1. The van der Waals surface area contributed by atoms with Crippen LogP contribution in [0.3, 0.4) is 0 Å². The zero-order valence-corrected chi connectivity index (χ0v) is 15.4. The van der Waals surface area contributed by atoms with Gasteiger partial charge in [0, 0.05) is 37.6 Å². The van der Waals surface area contributed by atoms with Crippen molar-refractivity contribution in [1.29, 1.82) is 0 Å². The van der Waals surface area contributed by atoms with Gasteiger partial charge in [0.25, 0.3) is 0 Å². The van der Waals surface area contributed by atoms with Crippen LogP contribution in [0.15, 0.2) is 47.5 Å². The van der Waals surface area contributed by atoms with Crippen molar-refractivity contribution in [3.05, 3.63) is 53.9 Å². The second-order valence-electron chi connectivity index (χ2n) is 6.21. The lowest BCUT2D eigenvalue weighted by Gasteiger charge is -2.10. The normalized spacial score (nSPS) is 12.0. The molecule has 0 aliphatic rings. The Bertz CT molecular complexity index is 737. The largest absolute Gasteiger partial charge is 0.349 e. The van der Waals surface area contributed by atoms with Gasteiger partial charge in [-0.2, -0.15) is 0 Å². The summed E-state index contributed by atoms with van der Waals surface area (Å²) in [6, 6.07) is 11.6. The zero-order chi connectivity index (χ0) is 17.6. The SMILES string of the molecule is CCCn1cc(S(=O)(=O)NCc2ccccc2)cc1CNC(C)C. The molecule has 24 heavy (non-hydrogen) atoms. The number of rotatable bonds is 9. The number of hydrogen-bond acceptors (Lipinski definition) is 3. The van der Waals surface area contributed by atoms with Gasteiger partial charge in [-0.25, -0.2) is 13.1 Å². The van der Waals surface area contributed by atoms with E-state index in [4.69, 9.17) is 0 Å². The summed E-state index contributed by atoms with van der Waals surface area (Å²) >= 11 is 0. The molecule has 0 bridgehead atoms. The van der Waals surface area contributed by atoms with Gasteiger partial charge in [0.05, 0.1) is 4.90 Å². The molecule has 2 rings (SSSR count). The van der Waals surface area contributed by atoms with Crippen LogP contribution in [0.5, 0.6) is 0 Å². The molecule has 5 nitrogen and oxygen atoms in total. The average Bonchev–Trinajstić information content (AvgIpc) is 2.96. The second kappa shape index (κ2) is 8.46. The fourth-order valence-corrected chi connectivity index (χ4v) is 3.52. The summed E-state index contributed by atoms with van der Waals surface area (Å²) < 4.78 is 29.8. The fraction of sp³-hybridized carbons (Fsp3) is 0.444. The third kappa shape index (κ3) is 5.19. The van der Waals surface area contributed by atoms with Crippen LogP contribution in [-0.2, 0) is 29.7 Å². The Kier molecular flexibility index (Phi) is 6.60. The Morgan fingerprint density at radius 3 is 2.46 bits per heavy atom. The summed E-state index contributed by atoms with van der Waals surface area (Å²) in [5.41, 5.74) is 1.93. The van der Waals surface area contributed by atoms with E-state index in [1.807, 2.05) is 34.9 Å². The highest BCUT2D eigenvalue weighted by atomic mass is 32.2. The molecule has 0 fully saturated rings. The second-order valence-corrected chi connectivity index (χ2v) is 7.97. The van der Waals surface area contributed by atoms with Gasteiger partial charge in [0.2, 0.25) is 10.0 Å². The van der Waals surface area contributed by atoms with E-state index in [1.165, 1.54) is 0 Å². The minimum atomic E-state index is -3.52. The van der Waals surface area contributed by atoms with Crippen LogP contribution in [0.2, 0.25) is 0 Å². The molecule has 0 unspecified atom stereocenters. The van der Waals surface area contributed by atoms with Crippen molar-refractivity contribution in [2.24, 2.45) is 0 Å². The Balaban J connectivity index is 2.14. The first-order chi connectivity index (χ1) is 11.4. The summed E-state index contributed by atoms with van der Waals surface area (Å²) in [5, 5.41) is 3.35. The third-order valence-corrected chi connectivity index (χ3v) is 5.10. The molecule has 0 saturated carbocycles. The van der Waals surface area contributed by atoms with Gasteiger partial charge in [0.1, 0.15) is 0 Å². The van der Waals surface area contributed by atoms with Crippen LogP contribution >= 0.6 is 0 Å². The quantitative estimate of drug-likeness (QED) is 0.732. The summed E-state index contributed by atoms with van der Waals surface area (Å²) in [6.07, 6.45) is 2.69. The van der Waals surface area contributed by atoms with Gasteiger partial charge < -0.3 is 9.88 Å². The first kappa shape index (κ1) is 18.7. The number of nitrogens with zero attached hydrogens (tertiary/aromatic N) is 1. The molecule has 0 atom stereocenters. The first-order valence-electron chi connectivity index (χ1n) is 8.38. The van der Waals surface area contributed by atoms with Crippen molar-refractivity contribution in [1.82, 2.24) is 14.6 Å². The summed E-state index contributed by atoms with van der Waals surface area (Å²) in [7, 11) is -3.52. The van der Waals surface area contributed by atoms with Crippen LogP contribution in [0.1, 0.15) is 38.4 Å². The van der Waals surface area contributed by atoms with Crippen molar-refractivity contribution in [3.8, 4) is 0 Å². The fourth-order valence-electron chi connectivity index (χ4n) is 2.44. The smallest absolute Gasteiger partial charge is 0.242 e. The first-order valence-corrected chi connectivity index (χ1v) is 9.86. The molecule has 132 valence electrons. The Morgan fingerprint density at radius 1 is 1.12 bits per heavy atom. The molecule has 0 aliphatic carbocycles. The minimum absolute atomic E-state index is 0.293. The van der Waals surface area contributed by atoms with Gasteiger partial charge in [-0.3, -0.25) is 0 Å². The molecule has 2 N–H and O–H groups in total. The Morgan fingerprint density at radius 2 is 1.83 bits per heavy atom. The number of benzene rings is 1. The lowest BCUT2D eigenvalue weighted by atomic mass is 10.2. The zero-order valence-electron chi connectivity index (χ0n) is 14.6. The highest BCUT2D eigenvalue weighted by molar-refractivity contribution is 7.89. The van der Waals surface area contributed by atoms with E-state index in [9.17, 15) is 8.42 Å². The number of sulfonamides is 1. The van der Waals surface area contributed by atoms with E-state index < -0.39 is 10.0 Å². The van der Waals surface area contributed by atoms with Gasteiger partial charge in [-0.15, -0.1) is 0 Å². The Hall–Kier alpha value is -1.63. The van der Waals surface area contributed by atoms with E-state index in [0.29, 0.717) is 24.0 Å². The molecule has 6 heteroatoms. The van der Waals surface area contributed by atoms with Crippen LogP contribution in [-0.4, -0.2) is 19.0 Å². The van der Waals surface area contributed by atoms with Crippen LogP contribution in [0, 0.1) is 0 Å². The monoisotopic (exact) mass is 349 g/mol. The average molecular weight is 350 g/mol. The number of hydrogen-bond donors (Lipinski definition) is 2. The standard InChI is InChI=1S/C18H27N3O2S/c1-4-10-21-14-18(11-17(21)13-19-15(2)3)24(22,23)20-12-16-8-6-5-7-9-16/h5-9,11,14-15,19-20H,4,10,12-13H2,1-3H3. The molecule has 0 saturated heterocycles. The maximum Gasteiger partial charge on any atom is 0.242 e. The molecule has 2 aromatic rings. The highest BCUT2D eigenvalue weighted by Crippen LogP contribution is 2.16. The number of aryl methyl sites for hydroxylation is 1. The highest BCUT2D eigenvalue weighted by Gasteiger charge is 2.18. The predicted molar refractivity (Wildman–Crippen MR) is 97.2 cm³/mol. The molecular weight excluding hydrogens is 322 g/mol. The van der Waals surface area contributed by atoms with E-state index in [0.717, 1.165) is 24.2 Å². The topological polar surface area (TPSA) is 63.1 Å². The lowest BCUT2D eigenvalue weighted by molar-refractivity contribution is 0.551. The molecule has 1 aromatic carbocycles.